The van der Waals surface area contributed by atoms with Crippen LogP contribution in [0.25, 0.3) is 11.0 Å². The van der Waals surface area contributed by atoms with Gasteiger partial charge < -0.3 is 25.0 Å². The number of rotatable bonds is 10. The molecule has 196 valence electrons. The van der Waals surface area contributed by atoms with Gasteiger partial charge in [0.15, 0.2) is 5.82 Å². The minimum Gasteiger partial charge on any atom is -0.375 e. The first-order valence-electron chi connectivity index (χ1n) is 11.9. The van der Waals surface area contributed by atoms with Gasteiger partial charge >= 0.3 is 6.18 Å². The summed E-state index contributed by atoms with van der Waals surface area (Å²) in [6.07, 6.45) is -4.39. The number of halogens is 3. The van der Waals surface area contributed by atoms with Crippen molar-refractivity contribution in [3.63, 3.8) is 0 Å². The molecule has 13 heteroatoms. The van der Waals surface area contributed by atoms with Crippen molar-refractivity contribution in [2.24, 2.45) is 0 Å². The maximum Gasteiger partial charge on any atom is 0.411 e. The van der Waals surface area contributed by atoms with Crippen LogP contribution < -0.4 is 15.5 Å². The number of aryl methyl sites for hydroxylation is 1. The lowest BCUT2D eigenvalue weighted by atomic mass is 10.2. The third-order valence-corrected chi connectivity index (χ3v) is 5.59. The van der Waals surface area contributed by atoms with Gasteiger partial charge in [0.2, 0.25) is 5.95 Å². The highest BCUT2D eigenvalue weighted by Gasteiger charge is 2.28. The van der Waals surface area contributed by atoms with Crippen LogP contribution in [0.15, 0.2) is 18.2 Å². The Morgan fingerprint density at radius 2 is 2.03 bits per heavy atom. The molecule has 36 heavy (non-hydrogen) atoms. The van der Waals surface area contributed by atoms with Gasteiger partial charge in [-0.3, -0.25) is 4.68 Å². The smallest absolute Gasteiger partial charge is 0.375 e. The van der Waals surface area contributed by atoms with E-state index in [0.717, 1.165) is 25.3 Å². The molecule has 3 aromatic rings. The van der Waals surface area contributed by atoms with Gasteiger partial charge in [0.05, 0.1) is 19.8 Å². The van der Waals surface area contributed by atoms with Crippen LogP contribution in [0.3, 0.4) is 0 Å². The van der Waals surface area contributed by atoms with Crippen LogP contribution in [0.5, 0.6) is 0 Å². The average molecular weight is 509 g/mol. The highest BCUT2D eigenvalue weighted by molar-refractivity contribution is 5.90. The number of nitrogens with one attached hydrogen (secondary N) is 2. The van der Waals surface area contributed by atoms with E-state index in [1.165, 1.54) is 0 Å². The first kappa shape index (κ1) is 26.0. The largest absolute Gasteiger partial charge is 0.411 e. The number of aromatic nitrogens is 5. The summed E-state index contributed by atoms with van der Waals surface area (Å²) in [7, 11) is 0. The summed E-state index contributed by atoms with van der Waals surface area (Å²) in [4.78, 5) is 16.3. The zero-order chi connectivity index (χ0) is 25.7. The van der Waals surface area contributed by atoms with Crippen LogP contribution >= 0.6 is 0 Å². The SMILES string of the molecule is CCOCc1nn(CCOCC(F)(F)F)c2c(Nc3cccc(C)n3)nc(N3CCN[C@H](C)C3)nc12. The summed E-state index contributed by atoms with van der Waals surface area (Å²) in [5.74, 6) is 1.59. The van der Waals surface area contributed by atoms with E-state index in [9.17, 15) is 13.2 Å². The minimum absolute atomic E-state index is 0.0853. The van der Waals surface area contributed by atoms with E-state index < -0.39 is 12.8 Å². The quantitative estimate of drug-likeness (QED) is 0.400. The van der Waals surface area contributed by atoms with Crippen LogP contribution in [0.1, 0.15) is 25.2 Å². The number of alkyl halides is 3. The Morgan fingerprint density at radius 1 is 1.19 bits per heavy atom. The standard InChI is InChI=1S/C23H31F3N8O2/c1-4-35-13-17-19-20(34(32-17)10-11-36-14-23(24,25)26)21(29-18-7-5-6-15(2)28-18)31-22(30-19)33-9-8-27-16(3)12-33/h5-7,16,27H,4,8-14H2,1-3H3,(H,28,29,30,31)/t16-/m1/s1. The van der Waals surface area contributed by atoms with Crippen molar-refractivity contribution >= 4 is 28.6 Å². The first-order valence-corrected chi connectivity index (χ1v) is 11.9. The van der Waals surface area contributed by atoms with E-state index in [0.29, 0.717) is 40.9 Å². The van der Waals surface area contributed by atoms with E-state index in [1.54, 1.807) is 4.68 Å². The summed E-state index contributed by atoms with van der Waals surface area (Å²) < 4.78 is 49.7. The lowest BCUT2D eigenvalue weighted by Gasteiger charge is -2.32. The number of piperazine rings is 1. The fourth-order valence-electron chi connectivity index (χ4n) is 4.01. The molecule has 1 aliphatic rings. The van der Waals surface area contributed by atoms with Crippen LogP contribution in [0, 0.1) is 6.92 Å². The number of anilines is 3. The monoisotopic (exact) mass is 508 g/mol. The molecule has 0 radical (unpaired) electrons. The van der Waals surface area contributed by atoms with Gasteiger partial charge in [-0.25, -0.2) is 9.97 Å². The summed E-state index contributed by atoms with van der Waals surface area (Å²) in [5, 5.41) is 11.3. The normalized spacial score (nSPS) is 16.6. The maximum absolute atomic E-state index is 12.6. The number of nitrogens with zero attached hydrogens (tertiary/aromatic N) is 6. The van der Waals surface area contributed by atoms with Gasteiger partial charge in [-0.15, -0.1) is 0 Å². The molecule has 1 atom stereocenters. The van der Waals surface area contributed by atoms with Crippen molar-refractivity contribution in [2.45, 2.75) is 46.1 Å². The van der Waals surface area contributed by atoms with Crippen molar-refractivity contribution in [1.82, 2.24) is 30.0 Å². The Labute approximate surface area is 207 Å². The molecule has 1 fully saturated rings. The molecule has 0 aliphatic carbocycles. The molecule has 1 saturated heterocycles. The van der Waals surface area contributed by atoms with E-state index in [-0.39, 0.29) is 25.8 Å². The molecule has 0 spiro atoms. The zero-order valence-electron chi connectivity index (χ0n) is 20.6. The molecular formula is C23H31F3N8O2. The molecule has 0 saturated carbocycles. The van der Waals surface area contributed by atoms with E-state index in [1.807, 2.05) is 32.0 Å². The molecule has 0 aromatic carbocycles. The Kier molecular flexibility index (Phi) is 8.21. The average Bonchev–Trinajstić information content (AvgIpc) is 3.17. The fourth-order valence-corrected chi connectivity index (χ4v) is 4.01. The van der Waals surface area contributed by atoms with E-state index in [4.69, 9.17) is 19.4 Å². The predicted molar refractivity (Wildman–Crippen MR) is 129 cm³/mol. The second-order valence-electron chi connectivity index (χ2n) is 8.63. The lowest BCUT2D eigenvalue weighted by Crippen LogP contribution is -2.49. The summed E-state index contributed by atoms with van der Waals surface area (Å²) in [6.45, 7) is 7.40. The van der Waals surface area contributed by atoms with Crippen molar-refractivity contribution in [3.05, 3.63) is 29.6 Å². The second-order valence-corrected chi connectivity index (χ2v) is 8.63. The fraction of sp³-hybridized carbons (Fsp3) is 0.565. The summed E-state index contributed by atoms with van der Waals surface area (Å²) in [5.41, 5.74) is 2.53. The molecule has 2 N–H and O–H groups in total. The van der Waals surface area contributed by atoms with Gasteiger partial charge in [0, 0.05) is 38.0 Å². The Bertz CT molecular complexity index is 1170. The Hall–Kier alpha value is -3.03. The minimum atomic E-state index is -4.39. The summed E-state index contributed by atoms with van der Waals surface area (Å²) >= 11 is 0. The van der Waals surface area contributed by atoms with Gasteiger partial charge in [-0.2, -0.15) is 23.3 Å². The van der Waals surface area contributed by atoms with Crippen LogP contribution in [0.4, 0.5) is 30.8 Å². The van der Waals surface area contributed by atoms with Crippen LogP contribution in [-0.2, 0) is 22.6 Å². The van der Waals surface area contributed by atoms with E-state index in [2.05, 4.69) is 32.5 Å². The Morgan fingerprint density at radius 3 is 2.75 bits per heavy atom. The van der Waals surface area contributed by atoms with Crippen LogP contribution in [-0.4, -0.2) is 76.4 Å². The molecule has 0 bridgehead atoms. The molecule has 4 rings (SSSR count). The van der Waals surface area contributed by atoms with Gasteiger partial charge in [0.25, 0.3) is 0 Å². The molecule has 10 nitrogen and oxygen atoms in total. The number of ether oxygens (including phenoxy) is 2. The number of hydrogen-bond acceptors (Lipinski definition) is 9. The third-order valence-electron chi connectivity index (χ3n) is 5.59. The van der Waals surface area contributed by atoms with Gasteiger partial charge in [-0.05, 0) is 32.9 Å². The molecule has 0 amide bonds. The van der Waals surface area contributed by atoms with Crippen LogP contribution in [0.2, 0.25) is 0 Å². The first-order chi connectivity index (χ1) is 17.2. The number of fused-ring (bicyclic) bond motifs is 1. The van der Waals surface area contributed by atoms with Crippen molar-refractivity contribution < 1.29 is 22.6 Å². The predicted octanol–water partition coefficient (Wildman–Crippen LogP) is 3.19. The highest BCUT2D eigenvalue weighted by Crippen LogP contribution is 2.29. The number of hydrogen-bond donors (Lipinski definition) is 2. The third kappa shape index (κ3) is 6.59. The van der Waals surface area contributed by atoms with Crippen molar-refractivity contribution in [3.8, 4) is 0 Å². The zero-order valence-corrected chi connectivity index (χ0v) is 20.6. The number of pyridine rings is 1. The molecule has 1 aliphatic heterocycles. The van der Waals surface area contributed by atoms with Crippen molar-refractivity contribution in [1.29, 1.82) is 0 Å². The van der Waals surface area contributed by atoms with Crippen molar-refractivity contribution in [2.75, 3.05) is 49.7 Å². The molecular weight excluding hydrogens is 477 g/mol. The van der Waals surface area contributed by atoms with Gasteiger partial charge in [0.1, 0.15) is 29.2 Å². The van der Waals surface area contributed by atoms with Gasteiger partial charge in [-0.1, -0.05) is 6.07 Å². The lowest BCUT2D eigenvalue weighted by molar-refractivity contribution is -0.174. The topological polar surface area (TPSA) is 102 Å². The molecule has 3 aromatic heterocycles. The summed E-state index contributed by atoms with van der Waals surface area (Å²) in [6, 6.07) is 5.85. The molecule has 0 unspecified atom stereocenters. The van der Waals surface area contributed by atoms with E-state index >= 15 is 0 Å². The Balaban J connectivity index is 1.76. The second kappa shape index (κ2) is 11.4. The highest BCUT2D eigenvalue weighted by atomic mass is 19.4. The molecule has 4 heterocycles. The maximum atomic E-state index is 12.6.